The number of aromatic nitrogens is 1. The molecule has 1 heterocycles. The van der Waals surface area contributed by atoms with Gasteiger partial charge in [0, 0.05) is 23.5 Å². The van der Waals surface area contributed by atoms with Crippen molar-refractivity contribution >= 4 is 11.8 Å². The Kier molecular flexibility index (Phi) is 8.96. The van der Waals surface area contributed by atoms with Crippen LogP contribution in [0.3, 0.4) is 0 Å². The number of pyridine rings is 1. The quantitative estimate of drug-likeness (QED) is 0.245. The zero-order valence-corrected chi connectivity index (χ0v) is 24.5. The summed E-state index contributed by atoms with van der Waals surface area (Å²) in [5.41, 5.74) is 4.70. The Morgan fingerprint density at radius 1 is 0.951 bits per heavy atom. The van der Waals surface area contributed by atoms with Gasteiger partial charge in [0.2, 0.25) is 0 Å². The molecule has 0 saturated heterocycles. The van der Waals surface area contributed by atoms with E-state index in [2.05, 4.69) is 5.32 Å². The number of hydrogen-bond donors (Lipinski definition) is 1. The lowest BCUT2D eigenvalue weighted by molar-refractivity contribution is 0.0635. The van der Waals surface area contributed by atoms with Crippen molar-refractivity contribution in [1.82, 2.24) is 4.57 Å². The SMILES string of the molecule is COc1cccc(-c2c(C)c(Cc3ccccc3)c(C)n(CCc3ccccc3NC(=O)OC(C)(C)C)c2=O)c1F. The fourth-order valence-corrected chi connectivity index (χ4v) is 5.05. The molecule has 4 rings (SSSR count). The average Bonchev–Trinajstić information content (AvgIpc) is 2.92. The molecule has 0 spiro atoms. The third-order valence-corrected chi connectivity index (χ3v) is 7.06. The second-order valence-electron chi connectivity index (χ2n) is 11.0. The van der Waals surface area contributed by atoms with Gasteiger partial charge in [-0.25, -0.2) is 9.18 Å². The van der Waals surface area contributed by atoms with Crippen LogP contribution in [0.15, 0.2) is 77.6 Å². The zero-order chi connectivity index (χ0) is 29.7. The molecule has 1 N–H and O–H groups in total. The highest BCUT2D eigenvalue weighted by Gasteiger charge is 2.23. The van der Waals surface area contributed by atoms with Crippen LogP contribution < -0.4 is 15.6 Å². The summed E-state index contributed by atoms with van der Waals surface area (Å²) in [7, 11) is 1.41. The third kappa shape index (κ3) is 6.85. The normalized spacial score (nSPS) is 11.3. The van der Waals surface area contributed by atoms with Crippen LogP contribution in [0.1, 0.15) is 48.7 Å². The van der Waals surface area contributed by atoms with Gasteiger partial charge in [-0.2, -0.15) is 0 Å². The van der Waals surface area contributed by atoms with Crippen LogP contribution in [0.4, 0.5) is 14.9 Å². The number of halogens is 1. The number of carbonyl (C=O) groups excluding carboxylic acids is 1. The Bertz CT molecular complexity index is 1600. The van der Waals surface area contributed by atoms with Crippen LogP contribution >= 0.6 is 0 Å². The molecule has 4 aromatic rings. The van der Waals surface area contributed by atoms with E-state index in [-0.39, 0.29) is 16.9 Å². The van der Waals surface area contributed by atoms with Crippen molar-refractivity contribution in [3.05, 3.63) is 117 Å². The minimum absolute atomic E-state index is 0.0835. The number of aryl methyl sites for hydroxylation is 1. The van der Waals surface area contributed by atoms with Crippen molar-refractivity contribution in [2.24, 2.45) is 0 Å². The van der Waals surface area contributed by atoms with E-state index >= 15 is 4.39 Å². The van der Waals surface area contributed by atoms with E-state index in [0.717, 1.165) is 27.9 Å². The van der Waals surface area contributed by atoms with Gasteiger partial charge in [-0.1, -0.05) is 60.7 Å². The highest BCUT2D eigenvalue weighted by molar-refractivity contribution is 5.86. The molecule has 1 aromatic heterocycles. The number of benzene rings is 3. The van der Waals surface area contributed by atoms with Gasteiger partial charge < -0.3 is 14.0 Å². The number of nitrogens with zero attached hydrogens (tertiary/aromatic N) is 1. The first-order valence-electron chi connectivity index (χ1n) is 13.7. The topological polar surface area (TPSA) is 69.6 Å². The number of amides is 1. The van der Waals surface area contributed by atoms with Crippen molar-refractivity contribution in [3.63, 3.8) is 0 Å². The highest BCUT2D eigenvalue weighted by Crippen LogP contribution is 2.32. The zero-order valence-electron chi connectivity index (χ0n) is 24.5. The van der Waals surface area contributed by atoms with E-state index in [1.54, 1.807) is 43.5 Å². The molecule has 0 bridgehead atoms. The van der Waals surface area contributed by atoms with Gasteiger partial charge in [0.1, 0.15) is 5.60 Å². The van der Waals surface area contributed by atoms with Gasteiger partial charge in [0.15, 0.2) is 11.6 Å². The molecular weight excluding hydrogens is 519 g/mol. The molecule has 6 nitrogen and oxygen atoms in total. The van der Waals surface area contributed by atoms with E-state index in [0.29, 0.717) is 30.6 Å². The van der Waals surface area contributed by atoms with Crippen LogP contribution in [-0.4, -0.2) is 23.4 Å². The van der Waals surface area contributed by atoms with Crippen LogP contribution in [0.25, 0.3) is 11.1 Å². The van der Waals surface area contributed by atoms with Crippen molar-refractivity contribution in [2.45, 2.75) is 59.6 Å². The lowest BCUT2D eigenvalue weighted by Gasteiger charge is -2.22. The number of anilines is 1. The standard InChI is InChI=1S/C34H37FN2O4/c1-22-27(21-24-13-8-7-9-14-24)23(2)37(32(38)30(22)26-16-12-18-29(40-6)31(26)35)20-19-25-15-10-11-17-28(25)36-33(39)41-34(3,4)5/h7-18H,19-21H2,1-6H3,(H,36,39). The molecule has 0 unspecified atom stereocenters. The summed E-state index contributed by atoms with van der Waals surface area (Å²) in [5.74, 6) is -0.483. The first-order valence-corrected chi connectivity index (χ1v) is 13.7. The first-order chi connectivity index (χ1) is 19.5. The number of carbonyl (C=O) groups is 1. The molecule has 0 saturated carbocycles. The minimum Gasteiger partial charge on any atom is -0.494 e. The Balaban J connectivity index is 1.78. The number of rotatable bonds is 8. The molecule has 1 amide bonds. The summed E-state index contributed by atoms with van der Waals surface area (Å²) in [5, 5.41) is 2.83. The minimum atomic E-state index is -0.633. The first kappa shape index (κ1) is 29.6. The summed E-state index contributed by atoms with van der Waals surface area (Å²) in [4.78, 5) is 26.5. The molecule has 0 aliphatic rings. The fourth-order valence-electron chi connectivity index (χ4n) is 5.05. The van der Waals surface area contributed by atoms with Crippen molar-refractivity contribution in [1.29, 1.82) is 0 Å². The van der Waals surface area contributed by atoms with Crippen LogP contribution in [0.2, 0.25) is 0 Å². The number of methoxy groups -OCH3 is 1. The van der Waals surface area contributed by atoms with Gasteiger partial charge in [0.05, 0.1) is 12.7 Å². The van der Waals surface area contributed by atoms with Crippen LogP contribution in [0.5, 0.6) is 5.75 Å². The van der Waals surface area contributed by atoms with Crippen LogP contribution in [-0.2, 0) is 24.1 Å². The smallest absolute Gasteiger partial charge is 0.412 e. The van der Waals surface area contributed by atoms with Crippen molar-refractivity contribution in [2.75, 3.05) is 12.4 Å². The molecule has 0 radical (unpaired) electrons. The van der Waals surface area contributed by atoms with Crippen LogP contribution in [0, 0.1) is 19.7 Å². The molecule has 7 heteroatoms. The molecule has 0 aliphatic carbocycles. The molecule has 0 atom stereocenters. The number of para-hydroxylation sites is 1. The fraction of sp³-hybridized carbons (Fsp3) is 0.294. The van der Waals surface area contributed by atoms with Gasteiger partial charge in [-0.15, -0.1) is 0 Å². The summed E-state index contributed by atoms with van der Waals surface area (Å²) in [6, 6.07) is 22.3. The van der Waals surface area contributed by atoms with E-state index in [9.17, 15) is 9.59 Å². The van der Waals surface area contributed by atoms with E-state index < -0.39 is 17.5 Å². The maximum atomic E-state index is 15.5. The number of ether oxygens (including phenoxy) is 2. The summed E-state index contributed by atoms with van der Waals surface area (Å²) < 4.78 is 27.9. The monoisotopic (exact) mass is 556 g/mol. The van der Waals surface area contributed by atoms with Crippen molar-refractivity contribution < 1.29 is 18.7 Å². The maximum absolute atomic E-state index is 15.5. The lowest BCUT2D eigenvalue weighted by Crippen LogP contribution is -2.29. The van der Waals surface area contributed by atoms with Gasteiger partial charge in [-0.3, -0.25) is 10.1 Å². The highest BCUT2D eigenvalue weighted by atomic mass is 19.1. The Hall–Kier alpha value is -4.39. The molecule has 41 heavy (non-hydrogen) atoms. The molecular formula is C34H37FN2O4. The molecule has 214 valence electrons. The Labute approximate surface area is 240 Å². The largest absolute Gasteiger partial charge is 0.494 e. The summed E-state index contributed by atoms with van der Waals surface area (Å²) in [6.45, 7) is 9.56. The maximum Gasteiger partial charge on any atom is 0.412 e. The second-order valence-corrected chi connectivity index (χ2v) is 11.0. The van der Waals surface area contributed by atoms with Gasteiger partial charge >= 0.3 is 6.09 Å². The molecule has 0 fully saturated rings. The second kappa shape index (κ2) is 12.4. The van der Waals surface area contributed by atoms with Crippen molar-refractivity contribution in [3.8, 4) is 16.9 Å². The summed E-state index contributed by atoms with van der Waals surface area (Å²) >= 11 is 0. The third-order valence-electron chi connectivity index (χ3n) is 7.06. The van der Waals surface area contributed by atoms with E-state index in [1.165, 1.54) is 7.11 Å². The molecule has 0 aliphatic heterocycles. The summed E-state index contributed by atoms with van der Waals surface area (Å²) in [6.07, 6.45) is 0.504. The predicted molar refractivity (Wildman–Crippen MR) is 161 cm³/mol. The Morgan fingerprint density at radius 3 is 2.32 bits per heavy atom. The number of nitrogens with one attached hydrogen (secondary N) is 1. The Morgan fingerprint density at radius 2 is 1.63 bits per heavy atom. The van der Waals surface area contributed by atoms with Gasteiger partial charge in [-0.05, 0) is 81.8 Å². The average molecular weight is 557 g/mol. The van der Waals surface area contributed by atoms with Gasteiger partial charge in [0.25, 0.3) is 5.56 Å². The van der Waals surface area contributed by atoms with E-state index in [4.69, 9.17) is 9.47 Å². The predicted octanol–water partition coefficient (Wildman–Crippen LogP) is 7.46. The molecule has 3 aromatic carbocycles. The van der Waals surface area contributed by atoms with E-state index in [1.807, 2.05) is 68.4 Å². The lowest BCUT2D eigenvalue weighted by atomic mass is 9.92. The number of hydrogen-bond acceptors (Lipinski definition) is 4.